The van der Waals surface area contributed by atoms with Crippen LogP contribution in [0.4, 0.5) is 10.1 Å². The maximum atomic E-state index is 14.1. The monoisotopic (exact) mass is 491 g/mol. The van der Waals surface area contributed by atoms with Crippen LogP contribution >= 0.6 is 22.9 Å². The summed E-state index contributed by atoms with van der Waals surface area (Å²) in [7, 11) is 0. The van der Waals surface area contributed by atoms with E-state index in [-0.39, 0.29) is 16.2 Å². The Balaban J connectivity index is 1.88. The molecule has 0 spiro atoms. The lowest BCUT2D eigenvalue weighted by atomic mass is 9.69. The van der Waals surface area contributed by atoms with E-state index in [1.807, 2.05) is 52.4 Å². The van der Waals surface area contributed by atoms with Crippen LogP contribution in [0.15, 0.2) is 71.0 Å². The predicted molar refractivity (Wildman–Crippen MR) is 134 cm³/mol. The molecule has 1 aromatic carbocycles. The number of nitrogens with zero attached hydrogens (tertiary/aromatic N) is 3. The van der Waals surface area contributed by atoms with Gasteiger partial charge in [-0.05, 0) is 66.1 Å². The molecule has 0 saturated heterocycles. The zero-order chi connectivity index (χ0) is 24.2. The van der Waals surface area contributed by atoms with E-state index >= 15 is 0 Å². The average molecular weight is 492 g/mol. The number of hydrogen-bond donors (Lipinski definition) is 0. The van der Waals surface area contributed by atoms with Gasteiger partial charge in [0.2, 0.25) is 0 Å². The molecule has 5 rings (SSSR count). The van der Waals surface area contributed by atoms with E-state index in [1.165, 1.54) is 6.07 Å². The van der Waals surface area contributed by atoms with Gasteiger partial charge in [0.25, 0.3) is 0 Å². The van der Waals surface area contributed by atoms with Gasteiger partial charge in [0.15, 0.2) is 5.78 Å². The van der Waals surface area contributed by atoms with Crippen LogP contribution in [0.3, 0.4) is 0 Å². The highest BCUT2D eigenvalue weighted by Gasteiger charge is 2.46. The summed E-state index contributed by atoms with van der Waals surface area (Å²) in [6, 6.07) is 12.8. The highest BCUT2D eigenvalue weighted by molar-refractivity contribution is 7.10. The van der Waals surface area contributed by atoms with Crippen LogP contribution in [0.1, 0.15) is 43.0 Å². The summed E-state index contributed by atoms with van der Waals surface area (Å²) in [5.74, 6) is -0.289. The number of Topliss-reactive ketones (excluding diaryl/α,β-unsaturated/α-hetero) is 1. The molecule has 0 N–H and O–H groups in total. The zero-order valence-corrected chi connectivity index (χ0v) is 20.7. The first-order chi connectivity index (χ1) is 16.2. The number of carbonyl (C=O) groups excluding carboxylic acids is 1. The molecular formula is C27H23ClFN3OS. The largest absolute Gasteiger partial charge is 0.309 e. The van der Waals surface area contributed by atoms with Crippen molar-refractivity contribution in [1.82, 2.24) is 4.57 Å². The van der Waals surface area contributed by atoms with Crippen LogP contribution in [0, 0.1) is 29.5 Å². The normalized spacial score (nSPS) is 19.9. The minimum Gasteiger partial charge on any atom is -0.309 e. The van der Waals surface area contributed by atoms with E-state index in [0.29, 0.717) is 35.5 Å². The van der Waals surface area contributed by atoms with E-state index in [4.69, 9.17) is 11.6 Å². The van der Waals surface area contributed by atoms with Gasteiger partial charge in [-0.15, -0.1) is 11.3 Å². The molecule has 0 fully saturated rings. The van der Waals surface area contributed by atoms with E-state index in [2.05, 4.69) is 19.9 Å². The maximum absolute atomic E-state index is 14.1. The topological polar surface area (TPSA) is 49.0 Å². The van der Waals surface area contributed by atoms with Crippen molar-refractivity contribution in [1.29, 1.82) is 5.26 Å². The Morgan fingerprint density at radius 2 is 1.94 bits per heavy atom. The summed E-state index contributed by atoms with van der Waals surface area (Å²) in [4.78, 5) is 16.6. The van der Waals surface area contributed by atoms with Gasteiger partial charge >= 0.3 is 0 Å². The Kier molecular flexibility index (Phi) is 5.50. The molecule has 0 saturated carbocycles. The van der Waals surface area contributed by atoms with Crippen molar-refractivity contribution in [3.63, 3.8) is 0 Å². The second kappa shape index (κ2) is 8.26. The van der Waals surface area contributed by atoms with E-state index < -0.39 is 11.7 Å². The third kappa shape index (κ3) is 3.60. The standard InChI is InChI=1S/C27H23ClFN3OS/c1-16-8-11-34-25(16)23-18(15-30)26(31-9-4-5-10-31)32(17-6-7-20(29)19(28)12-17)21-13-27(2,3)14-22(33)24(21)23/h4-12,23H,13-14H2,1-3H3/t23-/m0/s1. The van der Waals surface area contributed by atoms with Gasteiger partial charge in [0.05, 0.1) is 22.6 Å². The minimum absolute atomic E-state index is 0.0114. The van der Waals surface area contributed by atoms with Crippen molar-refractivity contribution >= 4 is 40.2 Å². The van der Waals surface area contributed by atoms with Crippen LogP contribution in [0.25, 0.3) is 5.82 Å². The highest BCUT2D eigenvalue weighted by atomic mass is 35.5. The number of hydrogen-bond acceptors (Lipinski definition) is 4. The molecule has 3 heterocycles. The summed E-state index contributed by atoms with van der Waals surface area (Å²) in [5.41, 5.74) is 3.37. The van der Waals surface area contributed by atoms with Gasteiger partial charge in [0, 0.05) is 40.6 Å². The predicted octanol–water partition coefficient (Wildman–Crippen LogP) is 7.29. The number of aromatic nitrogens is 1. The van der Waals surface area contributed by atoms with Crippen molar-refractivity contribution in [3.05, 3.63) is 92.3 Å². The van der Waals surface area contributed by atoms with E-state index in [9.17, 15) is 14.4 Å². The molecule has 2 aliphatic rings. The lowest BCUT2D eigenvalue weighted by Crippen LogP contribution is -2.40. The zero-order valence-electron chi connectivity index (χ0n) is 19.1. The third-order valence-electron chi connectivity index (χ3n) is 6.49. The molecule has 0 amide bonds. The average Bonchev–Trinajstić information content (AvgIpc) is 3.45. The lowest BCUT2D eigenvalue weighted by Gasteiger charge is -2.44. The molecule has 0 unspecified atom stereocenters. The molecule has 7 heteroatoms. The van der Waals surface area contributed by atoms with Crippen molar-refractivity contribution in [2.45, 2.75) is 39.5 Å². The molecule has 0 radical (unpaired) electrons. The molecule has 4 nitrogen and oxygen atoms in total. The summed E-state index contributed by atoms with van der Waals surface area (Å²) < 4.78 is 16.0. The Hall–Kier alpha value is -3.14. The highest BCUT2D eigenvalue weighted by Crippen LogP contribution is 2.53. The van der Waals surface area contributed by atoms with Crippen molar-refractivity contribution < 1.29 is 9.18 Å². The molecule has 1 aliphatic heterocycles. The molecule has 34 heavy (non-hydrogen) atoms. The Morgan fingerprint density at radius 3 is 2.56 bits per heavy atom. The number of anilines is 1. The number of ketones is 1. The van der Waals surface area contributed by atoms with E-state index in [0.717, 1.165) is 16.1 Å². The van der Waals surface area contributed by atoms with Gasteiger partial charge in [-0.1, -0.05) is 25.4 Å². The summed E-state index contributed by atoms with van der Waals surface area (Å²) in [6.07, 6.45) is 4.80. The SMILES string of the molecule is Cc1ccsc1[C@H]1C(C#N)=C(n2cccc2)N(c2ccc(F)c(Cl)c2)C2=C1C(=O)CC(C)(C)C2. The molecule has 3 aromatic rings. The van der Waals surface area contributed by atoms with Crippen molar-refractivity contribution in [2.75, 3.05) is 4.90 Å². The fourth-order valence-electron chi connectivity index (χ4n) is 5.04. The number of aryl methyl sites for hydroxylation is 1. The lowest BCUT2D eigenvalue weighted by molar-refractivity contribution is -0.118. The van der Waals surface area contributed by atoms with Gasteiger partial charge in [0.1, 0.15) is 11.6 Å². The Bertz CT molecular complexity index is 1410. The number of carbonyl (C=O) groups is 1. The summed E-state index contributed by atoms with van der Waals surface area (Å²) in [5, 5.41) is 12.5. The molecule has 1 aliphatic carbocycles. The fraction of sp³-hybridized carbons (Fsp3) is 0.259. The van der Waals surface area contributed by atoms with Crippen LogP contribution in [-0.4, -0.2) is 10.4 Å². The Labute approximate surface area is 207 Å². The number of thiophene rings is 1. The first kappa shape index (κ1) is 22.6. The van der Waals surface area contributed by atoms with Crippen molar-refractivity contribution in [3.8, 4) is 6.07 Å². The van der Waals surface area contributed by atoms with Gasteiger partial charge < -0.3 is 4.57 Å². The first-order valence-corrected chi connectivity index (χ1v) is 12.3. The minimum atomic E-state index is -0.518. The second-order valence-corrected chi connectivity index (χ2v) is 10.9. The third-order valence-corrected chi connectivity index (χ3v) is 7.86. The van der Waals surface area contributed by atoms with E-state index in [1.54, 1.807) is 23.5 Å². The fourth-order valence-corrected chi connectivity index (χ4v) is 6.26. The quantitative estimate of drug-likeness (QED) is 0.386. The number of benzene rings is 1. The maximum Gasteiger partial charge on any atom is 0.162 e. The second-order valence-electron chi connectivity index (χ2n) is 9.58. The molecule has 2 aromatic heterocycles. The first-order valence-electron chi connectivity index (χ1n) is 11.0. The summed E-state index contributed by atoms with van der Waals surface area (Å²) in [6.45, 7) is 6.17. The molecule has 172 valence electrons. The number of nitriles is 1. The van der Waals surface area contributed by atoms with Gasteiger partial charge in [-0.3, -0.25) is 9.69 Å². The number of allylic oxidation sites excluding steroid dienone is 3. The van der Waals surface area contributed by atoms with Gasteiger partial charge in [-0.25, -0.2) is 4.39 Å². The summed E-state index contributed by atoms with van der Waals surface area (Å²) >= 11 is 7.76. The van der Waals surface area contributed by atoms with Crippen LogP contribution in [0.5, 0.6) is 0 Å². The Morgan fingerprint density at radius 1 is 1.21 bits per heavy atom. The number of halogens is 2. The molecular weight excluding hydrogens is 469 g/mol. The van der Waals surface area contributed by atoms with Crippen LogP contribution in [-0.2, 0) is 4.79 Å². The molecule has 1 atom stereocenters. The van der Waals surface area contributed by atoms with Crippen molar-refractivity contribution in [2.24, 2.45) is 5.41 Å². The smallest absolute Gasteiger partial charge is 0.162 e. The van der Waals surface area contributed by atoms with Crippen LogP contribution in [0.2, 0.25) is 5.02 Å². The van der Waals surface area contributed by atoms with Gasteiger partial charge in [-0.2, -0.15) is 5.26 Å². The molecule has 0 bridgehead atoms. The number of rotatable bonds is 3. The van der Waals surface area contributed by atoms with Crippen LogP contribution < -0.4 is 4.90 Å².